The van der Waals surface area contributed by atoms with Crippen LogP contribution >= 0.6 is 0 Å². The summed E-state index contributed by atoms with van der Waals surface area (Å²) < 4.78 is 129. The monoisotopic (exact) mass is 1640 g/mol. The number of ketones is 11. The quantitative estimate of drug-likeness (QED) is 0.0359. The molecule has 4 unspecified atom stereocenters. The Bertz CT molecular complexity index is 2540. The Labute approximate surface area is 666 Å². The van der Waals surface area contributed by atoms with Crippen molar-refractivity contribution in [3.63, 3.8) is 0 Å². The Morgan fingerprint density at radius 2 is 0.865 bits per heavy atom. The van der Waals surface area contributed by atoms with Crippen molar-refractivity contribution in [1.82, 2.24) is 5.32 Å². The van der Waals surface area contributed by atoms with Crippen LogP contribution in [0.3, 0.4) is 0 Å². The minimum absolute atomic E-state index is 0.0231. The summed E-state index contributed by atoms with van der Waals surface area (Å²) in [6.07, 6.45) is -1.06. The smallest absolute Gasteiger partial charge is 0.389 e. The highest BCUT2D eigenvalue weighted by Gasteiger charge is 2.61. The Kier molecular flexibility index (Phi) is 85.6. The lowest BCUT2D eigenvalue weighted by molar-refractivity contribution is -0.163. The predicted octanol–water partition coefficient (Wildman–Crippen LogP) is 14.9. The first kappa shape index (κ1) is 130. The molecule has 5 atom stereocenters. The minimum Gasteiger partial charge on any atom is -0.389 e. The Morgan fingerprint density at radius 3 is 1.01 bits per heavy atom. The standard InChI is InChI=1S/C8H13F2NO.C8H16O3.C7H10F2O.2C7H14O2.C6H10F3NO.2C6H12O2.C6H12O.C6H14.C5H10O2.C5H10O.C4H10O2S/c1-5(2)7(12)6-3-8(9,10)4-11-6;1-7(2)8(9)6-11-5-4-10-3;1-4(2)6(10)5-3-7(5,8)9;1-6(2)7(8)4-5-9-3;1-5(2)7(8)6(3)9-4;1-3(2)4(11)5(10)6(7,8)9;1-5(2)6(7)4-8-3;1-4(2)6(8)5(3)7;1-4-6(7)5(2)3;1-4-5-6(2)3;1-4(2)5(7)3-6;1-4(2)5(3)6;1-4(2)7(3,5)6/h5-6,11H,3-4H2,1-2H3;7H,4-6H2,1-3H3;4-5H,3H2,1-2H3;6H,4-5H2,1-3H3;5-6H,1-4H3;3,5H,10H2,1-2H3;5H,4H2,1-3H3;4-5,7H,1-3H3;5H,4H2,1-3H3;6H,4-5H2,1-3H3;4,6H,3H2,1-2H3;4H,1-3H3;4H,1-3H3/t;;;;;;;5-;;;;;/m.......0...../s1. The van der Waals surface area contributed by atoms with E-state index in [1.807, 2.05) is 90.0 Å². The SMILES string of the molecule is CC(=O)C(C)C.CC(C)C(=O)C(N)C(F)(F)F.CC(C)C(=O)C1CC(F)(F)CN1.CC(C)C(=O)C1CC1(F)F.CC(C)C(=O)CO.CC(C)C(=O)[C@H](C)O.CC(C)S(C)(=O)=O.CCC(=O)C(C)C.CCCC(C)C.COC(C)C(=O)C(C)C.COCC(=O)C(C)C.COCCC(=O)C(C)C.COCCOCC(=O)C(C)C. The molecule has 0 aromatic carbocycles. The lowest BCUT2D eigenvalue weighted by Gasteiger charge is -2.15. The van der Waals surface area contributed by atoms with Crippen LogP contribution in [-0.4, -0.2) is 211 Å². The van der Waals surface area contributed by atoms with E-state index in [0.717, 1.165) is 5.92 Å². The molecule has 1 saturated heterocycles. The van der Waals surface area contributed by atoms with Gasteiger partial charge in [0.15, 0.2) is 46.5 Å². The molecule has 1 aliphatic carbocycles. The summed E-state index contributed by atoms with van der Waals surface area (Å²) in [5.74, 6) is -6.00. The Hall–Kier alpha value is -4.53. The number of rotatable bonds is 32. The van der Waals surface area contributed by atoms with E-state index in [-0.39, 0.29) is 162 Å². The van der Waals surface area contributed by atoms with Crippen molar-refractivity contribution < 1.29 is 126 Å². The Balaban J connectivity index is -0.000000109. The second kappa shape index (κ2) is 73.1. The van der Waals surface area contributed by atoms with Crippen molar-refractivity contribution in [2.75, 3.05) is 80.9 Å². The summed E-state index contributed by atoms with van der Waals surface area (Å²) in [5, 5.41) is 19.1. The van der Waals surface area contributed by atoms with Gasteiger partial charge in [0, 0.05) is 125 Å². The fourth-order valence-electron chi connectivity index (χ4n) is 6.28. The summed E-state index contributed by atoms with van der Waals surface area (Å²) in [6, 6.07) is -2.97. The maximum Gasteiger partial charge on any atom is 0.410 e. The van der Waals surface area contributed by atoms with Crippen LogP contribution in [0.2, 0.25) is 0 Å². The number of nitrogens with one attached hydrogen (secondary N) is 1. The molecule has 2 aliphatic rings. The number of aliphatic hydroxyl groups is 2. The van der Waals surface area contributed by atoms with Crippen molar-refractivity contribution >= 4 is 73.5 Å². The predicted molar refractivity (Wildman–Crippen MR) is 429 cm³/mol. The highest BCUT2D eigenvalue weighted by Crippen LogP contribution is 2.50. The molecule has 2 rings (SSSR count). The molecule has 111 heavy (non-hydrogen) atoms. The first-order chi connectivity index (χ1) is 50.0. The molecule has 0 aromatic heterocycles. The highest BCUT2D eigenvalue weighted by molar-refractivity contribution is 7.91. The van der Waals surface area contributed by atoms with Gasteiger partial charge in [-0.3, -0.25) is 52.7 Å². The van der Waals surface area contributed by atoms with Gasteiger partial charge >= 0.3 is 6.18 Å². The molecule has 0 aromatic rings. The van der Waals surface area contributed by atoms with Gasteiger partial charge < -0.3 is 44.9 Å². The lowest BCUT2D eigenvalue weighted by atomic mass is 10.00. The molecule has 0 amide bonds. The molecule has 0 bridgehead atoms. The van der Waals surface area contributed by atoms with Gasteiger partial charge in [0.25, 0.3) is 11.8 Å². The molecule has 22 nitrogen and oxygen atoms in total. The lowest BCUT2D eigenvalue weighted by Crippen LogP contribution is -2.46. The summed E-state index contributed by atoms with van der Waals surface area (Å²) in [6.45, 7) is 57.4. The molecule has 1 heterocycles. The third-order valence-electron chi connectivity index (χ3n) is 15.1. The third kappa shape index (κ3) is 87.7. The highest BCUT2D eigenvalue weighted by atomic mass is 32.2. The molecule has 1 saturated carbocycles. The maximum atomic E-state index is 12.6. The topological polar surface area (TPSA) is 347 Å². The number of nitrogens with two attached hydrogens (primary N) is 1. The number of aliphatic hydroxyl groups excluding tert-OH is 2. The normalized spacial score (nSPS) is 14.9. The number of carbonyl (C=O) groups is 11. The van der Waals surface area contributed by atoms with Crippen LogP contribution < -0.4 is 11.1 Å². The number of methoxy groups -OCH3 is 4. The molecule has 30 heteroatoms. The van der Waals surface area contributed by atoms with E-state index in [4.69, 9.17) is 29.2 Å². The second-order valence-corrected chi connectivity index (χ2v) is 33.1. The average Bonchev–Trinajstić information content (AvgIpc) is 1.62. The molecule has 0 spiro atoms. The molecular weight excluding hydrogens is 1490 g/mol. The van der Waals surface area contributed by atoms with E-state index in [1.54, 1.807) is 104 Å². The molecule has 2 fully saturated rings. The zero-order valence-electron chi connectivity index (χ0n) is 75.0. The summed E-state index contributed by atoms with van der Waals surface area (Å²) in [5.41, 5.74) is 4.62. The van der Waals surface area contributed by atoms with E-state index in [1.165, 1.54) is 47.0 Å². The van der Waals surface area contributed by atoms with E-state index in [9.17, 15) is 91.9 Å². The first-order valence-electron chi connectivity index (χ1n) is 38.2. The number of hydrogen-bond acceptors (Lipinski definition) is 22. The molecular formula is C81H157F7N2O20S. The minimum atomic E-state index is -4.61. The molecule has 0 radical (unpaired) electrons. The largest absolute Gasteiger partial charge is 0.410 e. The number of alkyl halides is 7. The van der Waals surface area contributed by atoms with E-state index < -0.39 is 63.7 Å². The Morgan fingerprint density at radius 1 is 0.505 bits per heavy atom. The van der Waals surface area contributed by atoms with Crippen LogP contribution in [0.15, 0.2) is 0 Å². The van der Waals surface area contributed by atoms with Crippen LogP contribution in [0.5, 0.6) is 0 Å². The second-order valence-electron chi connectivity index (χ2n) is 30.5. The van der Waals surface area contributed by atoms with E-state index >= 15 is 0 Å². The maximum absolute atomic E-state index is 12.6. The van der Waals surface area contributed by atoms with Crippen molar-refractivity contribution in [1.29, 1.82) is 0 Å². The van der Waals surface area contributed by atoms with Gasteiger partial charge in [0.2, 0.25) is 0 Å². The molecule has 1 aliphatic heterocycles. The average molecular weight is 1640 g/mol. The van der Waals surface area contributed by atoms with Gasteiger partial charge in [-0.05, 0) is 40.5 Å². The first-order valence-corrected chi connectivity index (χ1v) is 40.2. The van der Waals surface area contributed by atoms with Crippen LogP contribution in [0.1, 0.15) is 253 Å². The number of hydrogen-bond donors (Lipinski definition) is 4. The third-order valence-corrected chi connectivity index (χ3v) is 16.8. The number of Topliss-reactive ketones (excluding diaryl/α,β-unsaturated/α-hetero) is 11. The van der Waals surface area contributed by atoms with E-state index in [0.29, 0.717) is 38.4 Å². The summed E-state index contributed by atoms with van der Waals surface area (Å²) >= 11 is 0. The fraction of sp³-hybridized carbons (Fsp3) is 0.864. The van der Waals surface area contributed by atoms with Gasteiger partial charge in [-0.15, -0.1) is 0 Å². The molecule has 5 N–H and O–H groups in total. The van der Waals surface area contributed by atoms with Crippen molar-refractivity contribution in [3.05, 3.63) is 0 Å². The number of carbonyl (C=O) groups excluding carboxylic acids is 11. The van der Waals surface area contributed by atoms with Crippen LogP contribution in [-0.2, 0) is 86.3 Å². The number of ether oxygens (including phenoxy) is 5. The van der Waals surface area contributed by atoms with E-state index in [2.05, 4.69) is 36.6 Å². The number of halogens is 7. The zero-order valence-corrected chi connectivity index (χ0v) is 75.8. The number of sulfone groups is 1. The summed E-state index contributed by atoms with van der Waals surface area (Å²) in [4.78, 5) is 118. The van der Waals surface area contributed by atoms with Gasteiger partial charge in [0.1, 0.15) is 65.0 Å². The zero-order chi connectivity index (χ0) is 91.2. The van der Waals surface area contributed by atoms with Crippen molar-refractivity contribution in [2.24, 2.45) is 82.7 Å². The van der Waals surface area contributed by atoms with Gasteiger partial charge in [-0.1, -0.05) is 193 Å². The van der Waals surface area contributed by atoms with Gasteiger partial charge in [-0.25, -0.2) is 26.0 Å². The van der Waals surface area contributed by atoms with Gasteiger partial charge in [0.05, 0.1) is 43.6 Å². The van der Waals surface area contributed by atoms with Crippen molar-refractivity contribution in [2.45, 2.75) is 301 Å². The van der Waals surface area contributed by atoms with Crippen molar-refractivity contribution in [3.8, 4) is 0 Å². The van der Waals surface area contributed by atoms with Crippen LogP contribution in [0, 0.1) is 76.9 Å². The van der Waals surface area contributed by atoms with Crippen LogP contribution in [0.4, 0.5) is 30.7 Å². The fourth-order valence-corrected chi connectivity index (χ4v) is 6.28. The van der Waals surface area contributed by atoms with Gasteiger partial charge in [-0.2, -0.15) is 13.2 Å². The summed E-state index contributed by atoms with van der Waals surface area (Å²) in [7, 11) is 3.54. The van der Waals surface area contributed by atoms with Crippen LogP contribution in [0.25, 0.3) is 0 Å². The molecule has 666 valence electrons.